The Bertz CT molecular complexity index is 527. The highest BCUT2D eigenvalue weighted by atomic mass is 15.3. The predicted octanol–water partition coefficient (Wildman–Crippen LogP) is 4.41. The van der Waals surface area contributed by atoms with Crippen LogP contribution in [-0.4, -0.2) is 16.3 Å². The fraction of sp³-hybridized carbons (Fsp3) is 0.500. The first-order valence-electron chi connectivity index (χ1n) is 8.14. The zero-order chi connectivity index (χ0) is 15.1. The van der Waals surface area contributed by atoms with Crippen LogP contribution in [0.5, 0.6) is 0 Å². The van der Waals surface area contributed by atoms with Gasteiger partial charge in [0.25, 0.3) is 0 Å². The molecule has 0 saturated carbocycles. The maximum Gasteiger partial charge on any atom is 0.0730 e. The van der Waals surface area contributed by atoms with Gasteiger partial charge in [0.05, 0.1) is 17.9 Å². The molecule has 1 aromatic carbocycles. The molecule has 0 aliphatic heterocycles. The third-order valence-corrected chi connectivity index (χ3v) is 3.95. The number of benzene rings is 1. The third kappa shape index (κ3) is 3.73. The van der Waals surface area contributed by atoms with Gasteiger partial charge in [-0.1, -0.05) is 51.1 Å². The second kappa shape index (κ2) is 7.99. The van der Waals surface area contributed by atoms with Crippen LogP contribution >= 0.6 is 0 Å². The van der Waals surface area contributed by atoms with E-state index in [0.29, 0.717) is 6.04 Å². The maximum atomic E-state index is 4.69. The van der Waals surface area contributed by atoms with Crippen LogP contribution < -0.4 is 5.32 Å². The minimum absolute atomic E-state index is 0.472. The van der Waals surface area contributed by atoms with Crippen LogP contribution in [-0.2, 0) is 6.54 Å². The molecule has 0 radical (unpaired) electrons. The molecule has 1 aromatic heterocycles. The van der Waals surface area contributed by atoms with E-state index in [9.17, 15) is 0 Å². The second-order valence-corrected chi connectivity index (χ2v) is 5.48. The molecule has 21 heavy (non-hydrogen) atoms. The lowest BCUT2D eigenvalue weighted by atomic mass is 10.1. The summed E-state index contributed by atoms with van der Waals surface area (Å²) < 4.78 is 2.22. The summed E-state index contributed by atoms with van der Waals surface area (Å²) in [5.41, 5.74) is 3.82. The Morgan fingerprint density at radius 3 is 2.43 bits per heavy atom. The molecule has 2 aromatic rings. The van der Waals surface area contributed by atoms with E-state index in [2.05, 4.69) is 66.2 Å². The molecule has 0 aliphatic carbocycles. The van der Waals surface area contributed by atoms with Gasteiger partial charge < -0.3 is 5.32 Å². The van der Waals surface area contributed by atoms with Gasteiger partial charge in [0.1, 0.15) is 0 Å². The molecular weight excluding hydrogens is 258 g/mol. The van der Waals surface area contributed by atoms with Gasteiger partial charge in [0.15, 0.2) is 0 Å². The summed E-state index contributed by atoms with van der Waals surface area (Å²) in [4.78, 5) is 0. The number of nitrogens with one attached hydrogen (secondary N) is 1. The van der Waals surface area contributed by atoms with Crippen LogP contribution in [0.2, 0.25) is 0 Å². The average molecular weight is 285 g/mol. The van der Waals surface area contributed by atoms with E-state index in [1.807, 2.05) is 6.20 Å². The molecule has 3 nitrogen and oxygen atoms in total. The zero-order valence-corrected chi connectivity index (χ0v) is 13.5. The monoisotopic (exact) mass is 285 g/mol. The first-order valence-corrected chi connectivity index (χ1v) is 8.14. The van der Waals surface area contributed by atoms with Crippen molar-refractivity contribution in [2.75, 3.05) is 6.54 Å². The number of hydrogen-bond donors (Lipinski definition) is 1. The third-order valence-electron chi connectivity index (χ3n) is 3.95. The molecule has 0 atom stereocenters. The molecule has 0 bridgehead atoms. The van der Waals surface area contributed by atoms with Gasteiger partial charge in [0, 0.05) is 17.7 Å². The first-order chi connectivity index (χ1) is 10.3. The Labute approximate surface area is 128 Å². The molecule has 0 unspecified atom stereocenters. The summed E-state index contributed by atoms with van der Waals surface area (Å²) in [7, 11) is 0. The number of nitrogens with zero attached hydrogens (tertiary/aromatic N) is 2. The minimum Gasteiger partial charge on any atom is -0.313 e. The number of rotatable bonds is 8. The minimum atomic E-state index is 0.472. The Balaban J connectivity index is 2.38. The summed E-state index contributed by atoms with van der Waals surface area (Å²) in [6, 6.07) is 11.1. The molecular formula is C18H27N3. The van der Waals surface area contributed by atoms with E-state index in [4.69, 9.17) is 0 Å². The van der Waals surface area contributed by atoms with Gasteiger partial charge >= 0.3 is 0 Å². The normalized spacial score (nSPS) is 11.2. The van der Waals surface area contributed by atoms with Crippen LogP contribution in [0.3, 0.4) is 0 Å². The van der Waals surface area contributed by atoms with Crippen molar-refractivity contribution >= 4 is 0 Å². The molecule has 1 heterocycles. The zero-order valence-electron chi connectivity index (χ0n) is 13.5. The van der Waals surface area contributed by atoms with Gasteiger partial charge in [-0.3, -0.25) is 4.68 Å². The van der Waals surface area contributed by atoms with Crippen molar-refractivity contribution < 1.29 is 0 Å². The fourth-order valence-corrected chi connectivity index (χ4v) is 2.75. The Kier molecular flexibility index (Phi) is 6.00. The van der Waals surface area contributed by atoms with Crippen LogP contribution in [0, 0.1) is 0 Å². The summed E-state index contributed by atoms with van der Waals surface area (Å²) in [5.74, 6) is 0. The lowest BCUT2D eigenvalue weighted by Gasteiger charge is -2.18. The predicted molar refractivity (Wildman–Crippen MR) is 89.3 cm³/mol. The summed E-state index contributed by atoms with van der Waals surface area (Å²) in [6.07, 6.45) is 5.41. The van der Waals surface area contributed by atoms with E-state index < -0.39 is 0 Å². The van der Waals surface area contributed by atoms with Crippen LogP contribution in [0.25, 0.3) is 11.3 Å². The Morgan fingerprint density at radius 2 is 1.81 bits per heavy atom. The Morgan fingerprint density at radius 1 is 1.10 bits per heavy atom. The largest absolute Gasteiger partial charge is 0.313 e. The average Bonchev–Trinajstić information content (AvgIpc) is 2.94. The van der Waals surface area contributed by atoms with Crippen molar-refractivity contribution in [2.24, 2.45) is 0 Å². The van der Waals surface area contributed by atoms with Crippen molar-refractivity contribution in [3.63, 3.8) is 0 Å². The standard InChI is InChI=1S/C18H27N3/c1-4-12-19-13-16-14-20-21(17(5-2)6-3)18(16)15-10-8-7-9-11-15/h7-11,14,17,19H,4-6,12-13H2,1-3H3. The first kappa shape index (κ1) is 15.8. The van der Waals surface area contributed by atoms with Gasteiger partial charge in [-0.2, -0.15) is 5.10 Å². The highest BCUT2D eigenvalue weighted by molar-refractivity contribution is 5.63. The number of aromatic nitrogens is 2. The molecule has 114 valence electrons. The maximum absolute atomic E-state index is 4.69. The molecule has 3 heteroatoms. The van der Waals surface area contributed by atoms with E-state index >= 15 is 0 Å². The smallest absolute Gasteiger partial charge is 0.0730 e. The number of hydrogen-bond acceptors (Lipinski definition) is 2. The summed E-state index contributed by atoms with van der Waals surface area (Å²) >= 11 is 0. The molecule has 0 aliphatic rings. The molecule has 1 N–H and O–H groups in total. The summed E-state index contributed by atoms with van der Waals surface area (Å²) in [6.45, 7) is 8.60. The van der Waals surface area contributed by atoms with Crippen LogP contribution in [0.15, 0.2) is 36.5 Å². The summed E-state index contributed by atoms with van der Waals surface area (Å²) in [5, 5.41) is 8.19. The van der Waals surface area contributed by atoms with Gasteiger partial charge in [-0.25, -0.2) is 0 Å². The van der Waals surface area contributed by atoms with Crippen molar-refractivity contribution in [1.29, 1.82) is 0 Å². The second-order valence-electron chi connectivity index (χ2n) is 5.48. The van der Waals surface area contributed by atoms with Crippen molar-refractivity contribution in [2.45, 2.75) is 52.6 Å². The highest BCUT2D eigenvalue weighted by Gasteiger charge is 2.17. The molecule has 0 fully saturated rings. The van der Waals surface area contributed by atoms with Crippen molar-refractivity contribution in [3.8, 4) is 11.3 Å². The molecule has 0 saturated heterocycles. The molecule has 2 rings (SSSR count). The quantitative estimate of drug-likeness (QED) is 0.728. The van der Waals surface area contributed by atoms with Gasteiger partial charge in [0.2, 0.25) is 0 Å². The SMILES string of the molecule is CCCNCc1cnn(C(CC)CC)c1-c1ccccc1. The fourth-order valence-electron chi connectivity index (χ4n) is 2.75. The topological polar surface area (TPSA) is 29.9 Å². The van der Waals surface area contributed by atoms with Crippen molar-refractivity contribution in [3.05, 3.63) is 42.1 Å². The van der Waals surface area contributed by atoms with Crippen LogP contribution in [0.4, 0.5) is 0 Å². The van der Waals surface area contributed by atoms with Crippen LogP contribution in [0.1, 0.15) is 51.6 Å². The molecule has 0 spiro atoms. The van der Waals surface area contributed by atoms with Crippen molar-refractivity contribution in [1.82, 2.24) is 15.1 Å². The Hall–Kier alpha value is -1.61. The van der Waals surface area contributed by atoms with Gasteiger partial charge in [-0.05, 0) is 25.8 Å². The molecule has 0 amide bonds. The van der Waals surface area contributed by atoms with E-state index in [0.717, 1.165) is 32.4 Å². The van der Waals surface area contributed by atoms with E-state index in [-0.39, 0.29) is 0 Å². The lowest BCUT2D eigenvalue weighted by Crippen LogP contribution is -2.15. The van der Waals surface area contributed by atoms with E-state index in [1.54, 1.807) is 0 Å². The van der Waals surface area contributed by atoms with E-state index in [1.165, 1.54) is 16.8 Å². The van der Waals surface area contributed by atoms with Gasteiger partial charge in [-0.15, -0.1) is 0 Å². The highest BCUT2D eigenvalue weighted by Crippen LogP contribution is 2.28. The lowest BCUT2D eigenvalue weighted by molar-refractivity contribution is 0.432.